The van der Waals surface area contributed by atoms with Crippen molar-refractivity contribution in [3.63, 3.8) is 0 Å². The average molecular weight is 353 g/mol. The molecule has 0 radical (unpaired) electrons. The first-order valence-electron chi connectivity index (χ1n) is 9.53. The molecule has 2 nitrogen and oxygen atoms in total. The molecule has 134 valence electrons. The summed E-state index contributed by atoms with van der Waals surface area (Å²) in [6.07, 6.45) is 1.43. The minimum Gasteiger partial charge on any atom is -0.352 e. The third kappa shape index (κ3) is 3.43. The summed E-state index contributed by atoms with van der Waals surface area (Å²) in [7, 11) is 0. The number of fused-ring (bicyclic) bond motifs is 2. The molecule has 0 saturated carbocycles. The Morgan fingerprint density at radius 3 is 2.22 bits per heavy atom. The lowest BCUT2D eigenvalue weighted by Gasteiger charge is -2.16. The highest BCUT2D eigenvalue weighted by Gasteiger charge is 2.13. The first-order valence-corrected chi connectivity index (χ1v) is 9.53. The van der Waals surface area contributed by atoms with Crippen LogP contribution >= 0.6 is 0 Å². The Morgan fingerprint density at radius 1 is 0.778 bits per heavy atom. The Hall–Kier alpha value is -3.13. The van der Waals surface area contributed by atoms with Gasteiger partial charge < -0.3 is 5.32 Å². The molecule has 0 unspecified atom stereocenters. The van der Waals surface area contributed by atoms with E-state index in [4.69, 9.17) is 0 Å². The summed E-state index contributed by atoms with van der Waals surface area (Å²) in [4.78, 5) is 12.0. The lowest BCUT2D eigenvalue weighted by Crippen LogP contribution is -2.22. The van der Waals surface area contributed by atoms with Crippen LogP contribution in [-0.4, -0.2) is 5.91 Å². The first kappa shape index (κ1) is 17.3. The van der Waals surface area contributed by atoms with E-state index >= 15 is 0 Å². The van der Waals surface area contributed by atoms with E-state index in [-0.39, 0.29) is 5.91 Å². The van der Waals surface area contributed by atoms with E-state index in [0.29, 0.717) is 13.0 Å². The van der Waals surface area contributed by atoms with Crippen LogP contribution in [-0.2, 0) is 11.3 Å². The van der Waals surface area contributed by atoms with Gasteiger partial charge in [-0.25, -0.2) is 0 Å². The van der Waals surface area contributed by atoms with Crippen LogP contribution in [0.25, 0.3) is 32.7 Å². The Balaban J connectivity index is 1.91. The Morgan fingerprint density at radius 2 is 1.44 bits per heavy atom. The van der Waals surface area contributed by atoms with Crippen LogP contribution < -0.4 is 5.32 Å². The van der Waals surface area contributed by atoms with Crippen molar-refractivity contribution in [1.82, 2.24) is 5.32 Å². The van der Waals surface area contributed by atoms with Gasteiger partial charge in [0.25, 0.3) is 0 Å². The maximum atomic E-state index is 12.0. The van der Waals surface area contributed by atoms with E-state index in [2.05, 4.69) is 84.2 Å². The number of nitrogens with one attached hydrogen (secondary N) is 1. The normalized spacial score (nSPS) is 11.0. The quantitative estimate of drug-likeness (QED) is 0.463. The van der Waals surface area contributed by atoms with Gasteiger partial charge in [0.05, 0.1) is 0 Å². The molecule has 0 atom stereocenters. The van der Waals surface area contributed by atoms with Crippen molar-refractivity contribution >= 4 is 27.5 Å². The van der Waals surface area contributed by atoms with E-state index in [1.807, 2.05) is 6.92 Å². The van der Waals surface area contributed by atoms with E-state index in [9.17, 15) is 4.79 Å². The van der Waals surface area contributed by atoms with Crippen LogP contribution in [0.5, 0.6) is 0 Å². The highest BCUT2D eigenvalue weighted by Crippen LogP contribution is 2.36. The second-order valence-electron chi connectivity index (χ2n) is 6.87. The second-order valence-corrected chi connectivity index (χ2v) is 6.87. The molecule has 0 bridgehead atoms. The number of rotatable bonds is 5. The monoisotopic (exact) mass is 353 g/mol. The number of amides is 1. The van der Waals surface area contributed by atoms with Crippen molar-refractivity contribution in [2.24, 2.45) is 0 Å². The van der Waals surface area contributed by atoms with E-state index < -0.39 is 0 Å². The molecule has 0 spiro atoms. The molecule has 4 rings (SSSR count). The zero-order valence-electron chi connectivity index (χ0n) is 15.5. The summed E-state index contributed by atoms with van der Waals surface area (Å²) in [5, 5.41) is 7.97. The molecular weight excluding hydrogens is 330 g/mol. The number of hydrogen-bond acceptors (Lipinski definition) is 1. The van der Waals surface area contributed by atoms with Gasteiger partial charge in [-0.2, -0.15) is 0 Å². The van der Waals surface area contributed by atoms with Crippen molar-refractivity contribution in [1.29, 1.82) is 0 Å². The number of benzene rings is 4. The molecule has 0 aliphatic heterocycles. The molecule has 0 saturated heterocycles. The molecule has 0 aromatic heterocycles. The fourth-order valence-corrected chi connectivity index (χ4v) is 3.73. The Labute approximate surface area is 159 Å². The largest absolute Gasteiger partial charge is 0.352 e. The predicted octanol–water partition coefficient (Wildman–Crippen LogP) is 6.08. The Bertz CT molecular complexity index is 1110. The molecule has 27 heavy (non-hydrogen) atoms. The van der Waals surface area contributed by atoms with Crippen LogP contribution in [0.1, 0.15) is 25.3 Å². The minimum absolute atomic E-state index is 0.106. The van der Waals surface area contributed by atoms with Crippen LogP contribution in [0.3, 0.4) is 0 Å². The predicted molar refractivity (Wildman–Crippen MR) is 114 cm³/mol. The number of hydrogen-bond donors (Lipinski definition) is 1. The maximum Gasteiger partial charge on any atom is 0.220 e. The summed E-state index contributed by atoms with van der Waals surface area (Å²) >= 11 is 0. The molecule has 1 N–H and O–H groups in total. The molecular formula is C25H23NO. The standard InChI is InChI=1S/C25H23NO/c1-2-8-24(27)26-17-20-16-15-19-10-4-6-13-22(19)25(20)23-14-7-11-18-9-3-5-12-21(18)23/h3-7,9-16H,2,8,17H2,1H3,(H,26,27). The molecule has 0 heterocycles. The molecule has 0 aliphatic rings. The smallest absolute Gasteiger partial charge is 0.220 e. The van der Waals surface area contributed by atoms with Crippen molar-refractivity contribution in [2.45, 2.75) is 26.3 Å². The summed E-state index contributed by atoms with van der Waals surface area (Å²) in [6, 6.07) is 27.7. The zero-order valence-corrected chi connectivity index (χ0v) is 15.5. The number of carbonyl (C=O) groups excluding carboxylic acids is 1. The van der Waals surface area contributed by atoms with Crippen molar-refractivity contribution in [3.8, 4) is 11.1 Å². The van der Waals surface area contributed by atoms with Crippen LogP contribution in [0.15, 0.2) is 78.9 Å². The second kappa shape index (κ2) is 7.63. The first-order chi connectivity index (χ1) is 13.3. The highest BCUT2D eigenvalue weighted by molar-refractivity contribution is 6.06. The summed E-state index contributed by atoms with van der Waals surface area (Å²) < 4.78 is 0. The highest BCUT2D eigenvalue weighted by atomic mass is 16.1. The van der Waals surface area contributed by atoms with Gasteiger partial charge in [0.1, 0.15) is 0 Å². The van der Waals surface area contributed by atoms with E-state index in [1.165, 1.54) is 32.7 Å². The molecule has 0 fully saturated rings. The van der Waals surface area contributed by atoms with Crippen molar-refractivity contribution < 1.29 is 4.79 Å². The summed E-state index contributed by atoms with van der Waals surface area (Å²) in [5.74, 6) is 0.106. The van der Waals surface area contributed by atoms with E-state index in [1.54, 1.807) is 0 Å². The molecule has 4 aromatic rings. The SMILES string of the molecule is CCCC(=O)NCc1ccc2ccccc2c1-c1cccc2ccccc12. The van der Waals surface area contributed by atoms with Gasteiger partial charge in [0.2, 0.25) is 5.91 Å². The van der Waals surface area contributed by atoms with Gasteiger partial charge in [-0.1, -0.05) is 85.8 Å². The maximum absolute atomic E-state index is 12.0. The average Bonchev–Trinajstić information content (AvgIpc) is 2.71. The molecule has 1 amide bonds. The van der Waals surface area contributed by atoms with Crippen LogP contribution in [0.2, 0.25) is 0 Å². The van der Waals surface area contributed by atoms with Crippen LogP contribution in [0.4, 0.5) is 0 Å². The molecule has 4 aromatic carbocycles. The van der Waals surface area contributed by atoms with Gasteiger partial charge in [-0.15, -0.1) is 0 Å². The number of carbonyl (C=O) groups is 1. The summed E-state index contributed by atoms with van der Waals surface area (Å²) in [6.45, 7) is 2.57. The van der Waals surface area contributed by atoms with E-state index in [0.717, 1.165) is 12.0 Å². The summed E-state index contributed by atoms with van der Waals surface area (Å²) in [5.41, 5.74) is 3.57. The van der Waals surface area contributed by atoms with Crippen molar-refractivity contribution in [2.75, 3.05) is 0 Å². The van der Waals surface area contributed by atoms with Gasteiger partial charge in [0, 0.05) is 13.0 Å². The fraction of sp³-hybridized carbons (Fsp3) is 0.160. The van der Waals surface area contributed by atoms with Gasteiger partial charge in [0.15, 0.2) is 0 Å². The zero-order chi connectivity index (χ0) is 18.6. The lowest BCUT2D eigenvalue weighted by atomic mass is 9.90. The van der Waals surface area contributed by atoms with Gasteiger partial charge in [-0.3, -0.25) is 4.79 Å². The molecule has 0 aliphatic carbocycles. The van der Waals surface area contributed by atoms with Gasteiger partial charge >= 0.3 is 0 Å². The third-order valence-electron chi connectivity index (χ3n) is 5.03. The lowest BCUT2D eigenvalue weighted by molar-refractivity contribution is -0.121. The van der Waals surface area contributed by atoms with Crippen molar-refractivity contribution in [3.05, 3.63) is 84.4 Å². The fourth-order valence-electron chi connectivity index (χ4n) is 3.73. The molecule has 2 heteroatoms. The Kier molecular flexibility index (Phi) is 4.88. The third-order valence-corrected chi connectivity index (χ3v) is 5.03. The minimum atomic E-state index is 0.106. The van der Waals surface area contributed by atoms with Gasteiger partial charge in [-0.05, 0) is 44.7 Å². The van der Waals surface area contributed by atoms with Crippen LogP contribution in [0, 0.1) is 0 Å². The topological polar surface area (TPSA) is 29.1 Å².